The number of pyridine rings is 1. The average molecular weight is 350 g/mol. The van der Waals surface area contributed by atoms with E-state index >= 15 is 0 Å². The van der Waals surface area contributed by atoms with Gasteiger partial charge < -0.3 is 14.7 Å². The van der Waals surface area contributed by atoms with Gasteiger partial charge in [0.2, 0.25) is 0 Å². The molecule has 0 bridgehead atoms. The fourth-order valence-corrected chi connectivity index (χ4v) is 2.84. The number of aromatic nitrogens is 1. The molecule has 1 aromatic heterocycles. The summed E-state index contributed by atoms with van der Waals surface area (Å²) in [4.78, 5) is 16.2. The predicted octanol–water partition coefficient (Wildman–Crippen LogP) is 1.92. The van der Waals surface area contributed by atoms with Crippen molar-refractivity contribution >= 4 is 11.8 Å². The molecule has 0 aliphatic carbocycles. The van der Waals surface area contributed by atoms with E-state index in [-0.39, 0.29) is 24.4 Å². The van der Waals surface area contributed by atoms with Crippen LogP contribution < -0.4 is 4.90 Å². The van der Waals surface area contributed by atoms with Crippen molar-refractivity contribution in [2.45, 2.75) is 25.1 Å². The fourth-order valence-electron chi connectivity index (χ4n) is 2.84. The Labute approximate surface area is 134 Å². The van der Waals surface area contributed by atoms with E-state index in [2.05, 4.69) is 9.72 Å². The summed E-state index contributed by atoms with van der Waals surface area (Å²) in [6, 6.07) is 1.05. The molecule has 2 aliphatic rings. The molecule has 0 saturated carbocycles. The molecule has 132 valence electrons. The zero-order valence-electron chi connectivity index (χ0n) is 12.4. The number of hydrogen-bond acceptors (Lipinski definition) is 5. The van der Waals surface area contributed by atoms with Crippen LogP contribution in [-0.2, 0) is 22.3 Å². The van der Waals surface area contributed by atoms with Gasteiger partial charge in [-0.15, -0.1) is 0 Å². The summed E-state index contributed by atoms with van der Waals surface area (Å²) in [5.41, 5.74) is 0.662. The summed E-state index contributed by atoms with van der Waals surface area (Å²) in [6.07, 6.45) is -7.55. The molecule has 1 fully saturated rings. The molecule has 1 aromatic rings. The van der Waals surface area contributed by atoms with Crippen LogP contribution in [0.3, 0.4) is 0 Å². The Bertz CT molecular complexity index is 652. The summed E-state index contributed by atoms with van der Waals surface area (Å²) in [5, 5.41) is 9.35. The van der Waals surface area contributed by atoms with Gasteiger partial charge in [-0.05, 0) is 18.1 Å². The first-order chi connectivity index (χ1) is 11.2. The third kappa shape index (κ3) is 3.44. The predicted molar refractivity (Wildman–Crippen MR) is 72.6 cm³/mol. The fraction of sp³-hybridized carbons (Fsp3) is 0.571. The van der Waals surface area contributed by atoms with Gasteiger partial charge in [-0.2, -0.15) is 17.6 Å². The van der Waals surface area contributed by atoms with Gasteiger partial charge in [0.15, 0.2) is 0 Å². The molecule has 24 heavy (non-hydrogen) atoms. The van der Waals surface area contributed by atoms with E-state index in [1.54, 1.807) is 0 Å². The number of aromatic carboxylic acids is 1. The number of nitrogens with zero attached hydrogens (tertiary/aromatic N) is 2. The summed E-state index contributed by atoms with van der Waals surface area (Å²) in [5.74, 6) is -1.51. The van der Waals surface area contributed by atoms with Crippen LogP contribution in [0, 0.1) is 0 Å². The Morgan fingerprint density at radius 3 is 2.42 bits per heavy atom. The number of morpholine rings is 1. The number of anilines is 1. The van der Waals surface area contributed by atoms with Gasteiger partial charge in [0, 0.05) is 12.1 Å². The molecule has 6 nitrogen and oxygen atoms in total. The maximum Gasteiger partial charge on any atom is 0.377 e. The monoisotopic (exact) mass is 350 g/mol. The number of alkyl halides is 4. The number of carboxylic acid groups (broad SMARTS) is 1. The molecule has 1 N–H and O–H groups in total. The highest BCUT2D eigenvalue weighted by molar-refractivity contribution is 5.90. The minimum atomic E-state index is -4.07. The molecule has 0 unspecified atom stereocenters. The summed E-state index contributed by atoms with van der Waals surface area (Å²) in [6.45, 7) is -1.67. The average Bonchev–Trinajstić information content (AvgIpc) is 2.67. The van der Waals surface area contributed by atoms with E-state index in [4.69, 9.17) is 4.74 Å². The third-order valence-corrected chi connectivity index (χ3v) is 3.78. The van der Waals surface area contributed by atoms with Gasteiger partial charge in [0.25, 0.3) is 0 Å². The topological polar surface area (TPSA) is 71.9 Å². The molecule has 0 aromatic carbocycles. The molecule has 2 aliphatic heterocycles. The second-order valence-corrected chi connectivity index (χ2v) is 5.60. The van der Waals surface area contributed by atoms with Crippen LogP contribution >= 0.6 is 0 Å². The summed E-state index contributed by atoms with van der Waals surface area (Å²) < 4.78 is 62.3. The maximum absolute atomic E-state index is 13.4. The Morgan fingerprint density at radius 2 is 1.79 bits per heavy atom. The molecular formula is C14H14F4N2O4. The van der Waals surface area contributed by atoms with Gasteiger partial charge in [0.05, 0.1) is 18.8 Å². The molecular weight excluding hydrogens is 336 g/mol. The first-order valence-corrected chi connectivity index (χ1v) is 7.21. The normalized spacial score (nSPS) is 22.6. The van der Waals surface area contributed by atoms with Crippen molar-refractivity contribution in [3.63, 3.8) is 0 Å². The standard InChI is InChI=1S/C14H14F4N2O4/c15-13(16)6-20(7-14(17,18)24-13)11-5-9(12(21)22)8-1-3-23-4-2-10(8)19-11/h5H,1-4,6-7H2,(H,21,22). The first kappa shape index (κ1) is 16.9. The van der Waals surface area contributed by atoms with Crippen molar-refractivity contribution in [2.75, 3.05) is 31.2 Å². The van der Waals surface area contributed by atoms with Crippen molar-refractivity contribution in [1.29, 1.82) is 0 Å². The van der Waals surface area contributed by atoms with E-state index < -0.39 is 31.3 Å². The van der Waals surface area contributed by atoms with E-state index in [1.165, 1.54) is 0 Å². The molecule has 0 amide bonds. The van der Waals surface area contributed by atoms with Gasteiger partial charge in [-0.3, -0.25) is 4.74 Å². The van der Waals surface area contributed by atoms with Crippen LogP contribution in [0.5, 0.6) is 0 Å². The van der Waals surface area contributed by atoms with E-state index in [0.29, 0.717) is 29.2 Å². The molecule has 3 rings (SSSR count). The second-order valence-electron chi connectivity index (χ2n) is 5.60. The van der Waals surface area contributed by atoms with Gasteiger partial charge in [-0.1, -0.05) is 0 Å². The van der Waals surface area contributed by atoms with Crippen molar-refractivity contribution in [2.24, 2.45) is 0 Å². The second kappa shape index (κ2) is 5.85. The molecule has 0 radical (unpaired) electrons. The smallest absolute Gasteiger partial charge is 0.377 e. The Morgan fingerprint density at radius 1 is 1.17 bits per heavy atom. The zero-order chi connectivity index (χ0) is 17.5. The van der Waals surface area contributed by atoms with Crippen LogP contribution in [0.2, 0.25) is 0 Å². The van der Waals surface area contributed by atoms with Gasteiger partial charge in [-0.25, -0.2) is 9.78 Å². The number of fused-ring (bicyclic) bond motifs is 1. The van der Waals surface area contributed by atoms with E-state index in [0.717, 1.165) is 6.07 Å². The third-order valence-electron chi connectivity index (χ3n) is 3.78. The molecule has 0 atom stereocenters. The molecule has 1 saturated heterocycles. The summed E-state index contributed by atoms with van der Waals surface area (Å²) >= 11 is 0. The lowest BCUT2D eigenvalue weighted by atomic mass is 10.0. The lowest BCUT2D eigenvalue weighted by molar-refractivity contribution is -0.380. The molecule has 3 heterocycles. The van der Waals surface area contributed by atoms with Crippen LogP contribution in [0.4, 0.5) is 23.4 Å². The van der Waals surface area contributed by atoms with Crippen molar-refractivity contribution < 1.29 is 36.9 Å². The Hall–Kier alpha value is -1.94. The zero-order valence-corrected chi connectivity index (χ0v) is 12.4. The highest BCUT2D eigenvalue weighted by Gasteiger charge is 2.52. The molecule has 0 spiro atoms. The number of carboxylic acids is 1. The highest BCUT2D eigenvalue weighted by Crippen LogP contribution is 2.36. The number of hydrogen-bond donors (Lipinski definition) is 1. The minimum absolute atomic E-state index is 0.140. The summed E-state index contributed by atoms with van der Waals surface area (Å²) in [7, 11) is 0. The van der Waals surface area contributed by atoms with Gasteiger partial charge >= 0.3 is 18.2 Å². The number of carbonyl (C=O) groups is 1. The Kier molecular flexibility index (Phi) is 4.12. The number of ether oxygens (including phenoxy) is 2. The van der Waals surface area contributed by atoms with Crippen molar-refractivity contribution in [3.05, 3.63) is 22.9 Å². The van der Waals surface area contributed by atoms with Crippen LogP contribution in [0.15, 0.2) is 6.07 Å². The lowest BCUT2D eigenvalue weighted by Crippen LogP contribution is -2.55. The van der Waals surface area contributed by atoms with Crippen molar-refractivity contribution in [3.8, 4) is 0 Å². The highest BCUT2D eigenvalue weighted by atomic mass is 19.3. The van der Waals surface area contributed by atoms with E-state index in [1.807, 2.05) is 0 Å². The largest absolute Gasteiger partial charge is 0.478 e. The lowest BCUT2D eigenvalue weighted by Gasteiger charge is -2.37. The minimum Gasteiger partial charge on any atom is -0.478 e. The molecule has 10 heteroatoms. The quantitative estimate of drug-likeness (QED) is 0.822. The SMILES string of the molecule is O=C(O)c1cc(N2CC(F)(F)OC(F)(F)C2)nc2c1CCOCC2. The van der Waals surface area contributed by atoms with Gasteiger partial charge in [0.1, 0.15) is 18.9 Å². The number of halogens is 4. The van der Waals surface area contributed by atoms with Crippen LogP contribution in [0.1, 0.15) is 21.6 Å². The van der Waals surface area contributed by atoms with Crippen LogP contribution in [0.25, 0.3) is 0 Å². The Balaban J connectivity index is 2.03. The first-order valence-electron chi connectivity index (χ1n) is 7.21. The van der Waals surface area contributed by atoms with Crippen LogP contribution in [-0.4, -0.2) is 54.6 Å². The maximum atomic E-state index is 13.4. The van der Waals surface area contributed by atoms with E-state index in [9.17, 15) is 27.5 Å². The van der Waals surface area contributed by atoms with Crippen molar-refractivity contribution in [1.82, 2.24) is 4.98 Å². The number of rotatable bonds is 2.